The topological polar surface area (TPSA) is 29.9 Å². The van der Waals surface area contributed by atoms with Gasteiger partial charge in [-0.05, 0) is 13.0 Å². The van der Waals surface area contributed by atoms with E-state index in [1.807, 2.05) is 6.20 Å². The number of aromatic nitrogens is 2. The van der Waals surface area contributed by atoms with Crippen LogP contribution in [-0.4, -0.2) is 23.0 Å². The van der Waals surface area contributed by atoms with E-state index in [2.05, 4.69) is 17.3 Å². The van der Waals surface area contributed by atoms with Gasteiger partial charge in [0.05, 0.1) is 12.7 Å². The molecule has 1 N–H and O–H groups in total. The molecule has 0 amide bonds. The second kappa shape index (κ2) is 8.68. The summed E-state index contributed by atoms with van der Waals surface area (Å²) in [5, 5.41) is 7.35. The number of unbranched alkanes of at least 4 members (excludes halogenated alkanes) is 1. The van der Waals surface area contributed by atoms with Crippen LogP contribution in [0.5, 0.6) is 0 Å². The molecule has 0 fully saturated rings. The van der Waals surface area contributed by atoms with Crippen LogP contribution < -0.4 is 5.32 Å². The molecule has 0 radical (unpaired) electrons. The molecule has 1 aromatic heterocycles. The number of halogens is 2. The summed E-state index contributed by atoms with van der Waals surface area (Å²) in [6.07, 6.45) is 6.07. The van der Waals surface area contributed by atoms with Gasteiger partial charge in [-0.25, -0.2) is 4.39 Å². The predicted molar refractivity (Wildman–Crippen MR) is 62.1 cm³/mol. The quantitative estimate of drug-likeness (QED) is 0.735. The van der Waals surface area contributed by atoms with Gasteiger partial charge in [-0.3, -0.25) is 4.68 Å². The summed E-state index contributed by atoms with van der Waals surface area (Å²) in [6, 6.07) is 0. The maximum absolute atomic E-state index is 12.0. The molecule has 0 bridgehead atoms. The van der Waals surface area contributed by atoms with Crippen molar-refractivity contribution in [3.05, 3.63) is 18.0 Å². The van der Waals surface area contributed by atoms with E-state index in [1.54, 1.807) is 10.9 Å². The molecule has 0 atom stereocenters. The fourth-order valence-electron chi connectivity index (χ4n) is 1.24. The number of alkyl halides is 1. The van der Waals surface area contributed by atoms with Crippen molar-refractivity contribution in [3.8, 4) is 0 Å². The van der Waals surface area contributed by atoms with Crippen molar-refractivity contribution in [3.63, 3.8) is 0 Å². The molecule has 0 saturated heterocycles. The van der Waals surface area contributed by atoms with Gasteiger partial charge in [0.1, 0.15) is 6.67 Å². The molecule has 3 nitrogen and oxygen atoms in total. The fourth-order valence-corrected chi connectivity index (χ4v) is 1.24. The minimum atomic E-state index is -0.357. The van der Waals surface area contributed by atoms with Crippen molar-refractivity contribution in [1.82, 2.24) is 15.1 Å². The van der Waals surface area contributed by atoms with E-state index in [9.17, 15) is 4.39 Å². The Hall–Kier alpha value is -0.610. The van der Waals surface area contributed by atoms with Crippen molar-refractivity contribution >= 4 is 12.4 Å². The summed E-state index contributed by atoms with van der Waals surface area (Å²) in [5.74, 6) is 0. The zero-order valence-electron chi connectivity index (χ0n) is 9.08. The van der Waals surface area contributed by atoms with Gasteiger partial charge in [-0.1, -0.05) is 13.3 Å². The lowest BCUT2D eigenvalue weighted by molar-refractivity contribution is 0.427. The smallest absolute Gasteiger partial charge is 0.109 e. The van der Waals surface area contributed by atoms with E-state index in [-0.39, 0.29) is 19.1 Å². The highest BCUT2D eigenvalue weighted by molar-refractivity contribution is 5.85. The van der Waals surface area contributed by atoms with E-state index in [0.29, 0.717) is 6.54 Å². The molecule has 5 heteroatoms. The average Bonchev–Trinajstić information content (AvgIpc) is 2.61. The maximum atomic E-state index is 12.0. The average molecular weight is 236 g/mol. The van der Waals surface area contributed by atoms with Gasteiger partial charge in [0.15, 0.2) is 0 Å². The summed E-state index contributed by atoms with van der Waals surface area (Å²) in [5.41, 5.74) is 1.12. The molecular formula is C10H19ClFN3. The zero-order valence-corrected chi connectivity index (χ0v) is 9.89. The maximum Gasteiger partial charge on any atom is 0.109 e. The second-order valence-electron chi connectivity index (χ2n) is 3.33. The molecule has 15 heavy (non-hydrogen) atoms. The second-order valence-corrected chi connectivity index (χ2v) is 3.33. The van der Waals surface area contributed by atoms with Crippen molar-refractivity contribution in [2.75, 3.05) is 13.2 Å². The van der Waals surface area contributed by atoms with Crippen LogP contribution in [0.3, 0.4) is 0 Å². The van der Waals surface area contributed by atoms with Crippen LogP contribution in [0.15, 0.2) is 12.4 Å². The van der Waals surface area contributed by atoms with Gasteiger partial charge >= 0.3 is 0 Å². The zero-order chi connectivity index (χ0) is 10.2. The number of nitrogens with one attached hydrogen (secondary N) is 1. The molecule has 0 unspecified atom stereocenters. The lowest BCUT2D eigenvalue weighted by Gasteiger charge is -2.00. The predicted octanol–water partition coefficient (Wildman–Crippen LogP) is 2.16. The Kier molecular flexibility index (Phi) is 8.33. The first-order valence-electron chi connectivity index (χ1n) is 5.15. The molecule has 1 rings (SSSR count). The summed E-state index contributed by atoms with van der Waals surface area (Å²) in [4.78, 5) is 0. The Labute approximate surface area is 96.5 Å². The van der Waals surface area contributed by atoms with E-state index < -0.39 is 0 Å². The third-order valence-corrected chi connectivity index (χ3v) is 2.04. The lowest BCUT2D eigenvalue weighted by Crippen LogP contribution is -2.13. The summed E-state index contributed by atoms with van der Waals surface area (Å²) in [6.45, 7) is 4.03. The van der Waals surface area contributed by atoms with E-state index in [4.69, 9.17) is 0 Å². The highest BCUT2D eigenvalue weighted by atomic mass is 35.5. The van der Waals surface area contributed by atoms with Crippen LogP contribution in [0.4, 0.5) is 4.39 Å². The van der Waals surface area contributed by atoms with Crippen molar-refractivity contribution in [2.45, 2.75) is 32.9 Å². The van der Waals surface area contributed by atoms with Crippen molar-refractivity contribution in [1.29, 1.82) is 0 Å². The number of nitrogens with zero attached hydrogens (tertiary/aromatic N) is 2. The molecule has 0 aliphatic heterocycles. The lowest BCUT2D eigenvalue weighted by atomic mass is 10.3. The largest absolute Gasteiger partial charge is 0.313 e. The Morgan fingerprint density at radius 3 is 3.00 bits per heavy atom. The normalized spacial score (nSPS) is 10.0. The number of hydrogen-bond acceptors (Lipinski definition) is 2. The van der Waals surface area contributed by atoms with Gasteiger partial charge < -0.3 is 5.32 Å². The molecule has 1 aromatic rings. The third-order valence-electron chi connectivity index (χ3n) is 2.04. The van der Waals surface area contributed by atoms with E-state index in [0.717, 1.165) is 18.7 Å². The summed E-state index contributed by atoms with van der Waals surface area (Å²) in [7, 11) is 0. The van der Waals surface area contributed by atoms with Crippen LogP contribution in [0, 0.1) is 0 Å². The standard InChI is InChI=1S/C10H18FN3.ClH/c1-2-3-5-12-7-10-8-13-14(9-10)6-4-11;/h8-9,12H,2-7H2,1H3;1H. The fraction of sp³-hybridized carbons (Fsp3) is 0.700. The minimum absolute atomic E-state index is 0. The molecule has 0 spiro atoms. The number of rotatable bonds is 7. The molecule has 88 valence electrons. The van der Waals surface area contributed by atoms with Gasteiger partial charge in [0.2, 0.25) is 0 Å². The number of aryl methyl sites for hydroxylation is 1. The van der Waals surface area contributed by atoms with Crippen LogP contribution >= 0.6 is 12.4 Å². The van der Waals surface area contributed by atoms with Crippen LogP contribution in [-0.2, 0) is 13.1 Å². The van der Waals surface area contributed by atoms with Crippen molar-refractivity contribution in [2.24, 2.45) is 0 Å². The molecule has 0 aliphatic carbocycles. The first-order chi connectivity index (χ1) is 6.86. The first kappa shape index (κ1) is 14.4. The SMILES string of the molecule is CCCCNCc1cnn(CCF)c1.Cl. The molecule has 0 aromatic carbocycles. The van der Waals surface area contributed by atoms with Gasteiger partial charge in [0, 0.05) is 18.3 Å². The molecular weight excluding hydrogens is 217 g/mol. The van der Waals surface area contributed by atoms with Gasteiger partial charge in [0.25, 0.3) is 0 Å². The van der Waals surface area contributed by atoms with Crippen LogP contribution in [0.1, 0.15) is 25.3 Å². The van der Waals surface area contributed by atoms with Gasteiger partial charge in [-0.2, -0.15) is 5.10 Å². The highest BCUT2D eigenvalue weighted by Gasteiger charge is 1.97. The Balaban J connectivity index is 0.00000196. The third kappa shape index (κ3) is 5.74. The Morgan fingerprint density at radius 2 is 2.33 bits per heavy atom. The summed E-state index contributed by atoms with van der Waals surface area (Å²) >= 11 is 0. The van der Waals surface area contributed by atoms with Crippen molar-refractivity contribution < 1.29 is 4.39 Å². The monoisotopic (exact) mass is 235 g/mol. The highest BCUT2D eigenvalue weighted by Crippen LogP contribution is 1.97. The molecule has 1 heterocycles. The van der Waals surface area contributed by atoms with E-state index >= 15 is 0 Å². The number of hydrogen-bond donors (Lipinski definition) is 1. The van der Waals surface area contributed by atoms with E-state index in [1.165, 1.54) is 12.8 Å². The molecule has 0 saturated carbocycles. The van der Waals surface area contributed by atoms with Crippen LogP contribution in [0.25, 0.3) is 0 Å². The Morgan fingerprint density at radius 1 is 1.53 bits per heavy atom. The van der Waals surface area contributed by atoms with Gasteiger partial charge in [-0.15, -0.1) is 12.4 Å². The minimum Gasteiger partial charge on any atom is -0.313 e. The van der Waals surface area contributed by atoms with Crippen LogP contribution in [0.2, 0.25) is 0 Å². The Bertz CT molecular complexity index is 253. The summed E-state index contributed by atoms with van der Waals surface area (Å²) < 4.78 is 13.6. The molecule has 0 aliphatic rings. The first-order valence-corrected chi connectivity index (χ1v) is 5.15.